The molecule has 0 aliphatic heterocycles. The monoisotopic (exact) mass is 333 g/mol. The summed E-state index contributed by atoms with van der Waals surface area (Å²) in [6, 6.07) is 6.87. The highest BCUT2D eigenvalue weighted by Gasteiger charge is 2.12. The van der Waals surface area contributed by atoms with Crippen molar-refractivity contribution in [3.05, 3.63) is 45.9 Å². The van der Waals surface area contributed by atoms with Crippen LogP contribution in [-0.2, 0) is 6.42 Å². The number of nitrogens with one attached hydrogen (secondary N) is 2. The fourth-order valence-corrected chi connectivity index (χ4v) is 3.10. The van der Waals surface area contributed by atoms with E-state index in [0.717, 1.165) is 22.7 Å². The predicted octanol–water partition coefficient (Wildman–Crippen LogP) is 3.19. The summed E-state index contributed by atoms with van der Waals surface area (Å²) < 4.78 is 0. The standard InChI is InChI=1S/C17H23N3O2S/c1-11(16-19-13(3)10-23-16)9-18-17(22)20-12(2)8-14-4-6-15(21)7-5-14/h4-7,10-12,21H,8-9H2,1-3H3,(H2,18,20,22). The minimum Gasteiger partial charge on any atom is -0.508 e. The quantitative estimate of drug-likeness (QED) is 0.760. The van der Waals surface area contributed by atoms with Gasteiger partial charge in [-0.2, -0.15) is 0 Å². The fraction of sp³-hybridized carbons (Fsp3) is 0.412. The van der Waals surface area contributed by atoms with Crippen LogP contribution in [0, 0.1) is 6.92 Å². The zero-order chi connectivity index (χ0) is 16.8. The number of hydrogen-bond donors (Lipinski definition) is 3. The summed E-state index contributed by atoms with van der Waals surface area (Å²) >= 11 is 1.62. The van der Waals surface area contributed by atoms with Crippen LogP contribution in [0.25, 0.3) is 0 Å². The molecule has 0 radical (unpaired) electrons. The number of aromatic hydroxyl groups is 1. The molecule has 3 N–H and O–H groups in total. The topological polar surface area (TPSA) is 74.2 Å². The van der Waals surface area contributed by atoms with Crippen molar-refractivity contribution in [2.75, 3.05) is 6.54 Å². The molecule has 0 aliphatic rings. The number of nitrogens with zero attached hydrogens (tertiary/aromatic N) is 1. The van der Waals surface area contributed by atoms with E-state index in [4.69, 9.17) is 0 Å². The first-order chi connectivity index (χ1) is 10.9. The van der Waals surface area contributed by atoms with E-state index in [1.165, 1.54) is 0 Å². The maximum atomic E-state index is 12.0. The van der Waals surface area contributed by atoms with Gasteiger partial charge >= 0.3 is 6.03 Å². The Bertz CT molecular complexity index is 640. The summed E-state index contributed by atoms with van der Waals surface area (Å²) in [6.07, 6.45) is 0.717. The Balaban J connectivity index is 1.74. The van der Waals surface area contributed by atoms with Crippen LogP contribution in [0.2, 0.25) is 0 Å². The van der Waals surface area contributed by atoms with Crippen molar-refractivity contribution >= 4 is 17.4 Å². The van der Waals surface area contributed by atoms with Gasteiger partial charge in [-0.25, -0.2) is 9.78 Å². The average Bonchev–Trinajstić information content (AvgIpc) is 2.94. The average molecular weight is 333 g/mol. The van der Waals surface area contributed by atoms with Crippen molar-refractivity contribution in [1.29, 1.82) is 0 Å². The van der Waals surface area contributed by atoms with Crippen molar-refractivity contribution in [3.63, 3.8) is 0 Å². The molecule has 0 aliphatic carbocycles. The molecular formula is C17H23N3O2S. The van der Waals surface area contributed by atoms with Crippen molar-refractivity contribution in [3.8, 4) is 5.75 Å². The second-order valence-electron chi connectivity index (χ2n) is 5.85. The molecule has 0 fully saturated rings. The van der Waals surface area contributed by atoms with Crippen molar-refractivity contribution in [1.82, 2.24) is 15.6 Å². The largest absolute Gasteiger partial charge is 0.508 e. The number of amides is 2. The molecule has 1 aromatic carbocycles. The number of aromatic nitrogens is 1. The van der Waals surface area contributed by atoms with Crippen LogP contribution >= 0.6 is 11.3 Å². The Morgan fingerprint density at radius 3 is 2.61 bits per heavy atom. The zero-order valence-corrected chi connectivity index (χ0v) is 14.5. The number of phenols is 1. The summed E-state index contributed by atoms with van der Waals surface area (Å²) in [5.41, 5.74) is 2.09. The second kappa shape index (κ2) is 7.97. The van der Waals surface area contributed by atoms with E-state index in [1.54, 1.807) is 23.5 Å². The Kier molecular flexibility index (Phi) is 5.98. The van der Waals surface area contributed by atoms with E-state index < -0.39 is 0 Å². The van der Waals surface area contributed by atoms with Gasteiger partial charge in [0.1, 0.15) is 5.75 Å². The molecule has 1 aromatic heterocycles. The lowest BCUT2D eigenvalue weighted by molar-refractivity contribution is 0.237. The van der Waals surface area contributed by atoms with Crippen LogP contribution in [0.5, 0.6) is 5.75 Å². The molecule has 2 atom stereocenters. The lowest BCUT2D eigenvalue weighted by Crippen LogP contribution is -2.42. The molecule has 2 amide bonds. The molecule has 0 spiro atoms. The summed E-state index contributed by atoms with van der Waals surface area (Å²) in [7, 11) is 0. The van der Waals surface area contributed by atoms with E-state index in [0.29, 0.717) is 6.54 Å². The van der Waals surface area contributed by atoms with Gasteiger partial charge in [-0.05, 0) is 38.0 Å². The molecule has 2 unspecified atom stereocenters. The molecule has 2 rings (SSSR count). The molecule has 2 aromatic rings. The summed E-state index contributed by atoms with van der Waals surface area (Å²) in [5.74, 6) is 0.449. The van der Waals surface area contributed by atoms with Crippen molar-refractivity contribution in [2.45, 2.75) is 39.2 Å². The van der Waals surface area contributed by atoms with Gasteiger partial charge in [0.15, 0.2) is 0 Å². The fourth-order valence-electron chi connectivity index (χ4n) is 2.24. The zero-order valence-electron chi connectivity index (χ0n) is 13.7. The highest BCUT2D eigenvalue weighted by Crippen LogP contribution is 2.18. The summed E-state index contributed by atoms with van der Waals surface area (Å²) in [6.45, 7) is 6.54. The minimum absolute atomic E-state index is 0.0111. The van der Waals surface area contributed by atoms with Gasteiger partial charge in [-0.1, -0.05) is 19.1 Å². The third-order valence-electron chi connectivity index (χ3n) is 3.48. The van der Waals surface area contributed by atoms with Crippen molar-refractivity contribution in [2.24, 2.45) is 0 Å². The van der Waals surface area contributed by atoms with E-state index in [-0.39, 0.29) is 23.7 Å². The highest BCUT2D eigenvalue weighted by molar-refractivity contribution is 7.09. The Labute approximate surface area is 140 Å². The molecule has 23 heavy (non-hydrogen) atoms. The van der Waals surface area contributed by atoms with Crippen LogP contribution in [0.3, 0.4) is 0 Å². The first-order valence-corrected chi connectivity index (χ1v) is 8.56. The molecule has 1 heterocycles. The number of carbonyl (C=O) groups excluding carboxylic acids is 1. The SMILES string of the molecule is Cc1csc(C(C)CNC(=O)NC(C)Cc2ccc(O)cc2)n1. The van der Waals surface area contributed by atoms with E-state index >= 15 is 0 Å². The van der Waals surface area contributed by atoms with Gasteiger partial charge in [0.05, 0.1) is 5.01 Å². The number of benzene rings is 1. The number of rotatable bonds is 6. The Morgan fingerprint density at radius 1 is 1.30 bits per heavy atom. The third kappa shape index (κ3) is 5.56. The molecule has 0 bridgehead atoms. The second-order valence-corrected chi connectivity index (χ2v) is 6.74. The van der Waals surface area contributed by atoms with E-state index in [1.807, 2.05) is 31.4 Å². The van der Waals surface area contributed by atoms with Gasteiger partial charge < -0.3 is 15.7 Å². The van der Waals surface area contributed by atoms with Crippen LogP contribution in [0.4, 0.5) is 4.79 Å². The van der Waals surface area contributed by atoms with Crippen LogP contribution in [-0.4, -0.2) is 28.7 Å². The predicted molar refractivity (Wildman–Crippen MR) is 93.1 cm³/mol. The lowest BCUT2D eigenvalue weighted by Gasteiger charge is -2.16. The number of thiazole rings is 1. The van der Waals surface area contributed by atoms with E-state index in [9.17, 15) is 9.90 Å². The smallest absolute Gasteiger partial charge is 0.315 e. The van der Waals surface area contributed by atoms with E-state index in [2.05, 4.69) is 22.5 Å². The molecule has 0 saturated heterocycles. The number of hydrogen-bond acceptors (Lipinski definition) is 4. The summed E-state index contributed by atoms with van der Waals surface area (Å²) in [5, 5.41) is 18.1. The van der Waals surface area contributed by atoms with Crippen molar-refractivity contribution < 1.29 is 9.90 Å². The first-order valence-electron chi connectivity index (χ1n) is 7.68. The number of phenolic OH excluding ortho intramolecular Hbond substituents is 1. The maximum absolute atomic E-state index is 12.0. The minimum atomic E-state index is -0.170. The highest BCUT2D eigenvalue weighted by atomic mass is 32.1. The molecule has 5 nitrogen and oxygen atoms in total. The molecule has 6 heteroatoms. The first kappa shape index (κ1) is 17.3. The van der Waals surface area contributed by atoms with Gasteiger partial charge in [0.2, 0.25) is 0 Å². The number of carbonyl (C=O) groups is 1. The number of urea groups is 1. The Hall–Kier alpha value is -2.08. The maximum Gasteiger partial charge on any atom is 0.315 e. The van der Waals surface area contributed by atoms with Gasteiger partial charge in [-0.3, -0.25) is 0 Å². The van der Waals surface area contributed by atoms with Crippen LogP contribution < -0.4 is 10.6 Å². The number of aryl methyl sites for hydroxylation is 1. The lowest BCUT2D eigenvalue weighted by atomic mass is 10.1. The van der Waals surface area contributed by atoms with Gasteiger partial charge in [0.25, 0.3) is 0 Å². The molecule has 124 valence electrons. The third-order valence-corrected chi connectivity index (χ3v) is 4.68. The normalized spacial score (nSPS) is 13.3. The van der Waals surface area contributed by atoms with Crippen LogP contribution in [0.1, 0.15) is 36.0 Å². The molecule has 0 saturated carbocycles. The Morgan fingerprint density at radius 2 is 2.00 bits per heavy atom. The van der Waals surface area contributed by atoms with Crippen LogP contribution in [0.15, 0.2) is 29.6 Å². The molecular weight excluding hydrogens is 310 g/mol. The van der Waals surface area contributed by atoms with Gasteiger partial charge in [-0.15, -0.1) is 11.3 Å². The van der Waals surface area contributed by atoms with Gasteiger partial charge in [0, 0.05) is 29.6 Å². The summed E-state index contributed by atoms with van der Waals surface area (Å²) in [4.78, 5) is 16.4.